The van der Waals surface area contributed by atoms with Crippen LogP contribution in [0.15, 0.2) is 0 Å². The van der Waals surface area contributed by atoms with Gasteiger partial charge in [0.05, 0.1) is 50.1 Å². The van der Waals surface area contributed by atoms with Gasteiger partial charge in [-0.1, -0.05) is 0 Å². The minimum absolute atomic E-state index is 0. The summed E-state index contributed by atoms with van der Waals surface area (Å²) in [5.41, 5.74) is 5.03. The monoisotopic (exact) mass is 488 g/mol. The predicted molar refractivity (Wildman–Crippen MR) is 63.8 cm³/mol. The number of carbonyl (C=O) groups is 4. The summed E-state index contributed by atoms with van der Waals surface area (Å²) in [5, 5.41) is 43.4. The number of aliphatic carboxylic acids is 4. The molecule has 0 aliphatic carbocycles. The first kappa shape index (κ1) is 41.5. The van der Waals surface area contributed by atoms with Gasteiger partial charge in [0.1, 0.15) is 0 Å². The van der Waals surface area contributed by atoms with Gasteiger partial charge < -0.3 is 39.6 Å². The molecule has 0 fully saturated rings. The zero-order valence-electron chi connectivity index (χ0n) is 16.1. The van der Waals surface area contributed by atoms with E-state index < -0.39 is 50.1 Å². The molecule has 2 N–H and O–H groups in total. The van der Waals surface area contributed by atoms with Crippen molar-refractivity contribution in [3.8, 4) is 0 Å². The average Bonchev–Trinajstić information content (AvgIpc) is 2.34. The van der Waals surface area contributed by atoms with Crippen molar-refractivity contribution in [2.45, 2.75) is 6.42 Å². The quantitative estimate of drug-likeness (QED) is 0.133. The molecule has 0 rings (SSSR count). The second kappa shape index (κ2) is 26.5. The number of carboxylic acids is 4. The Labute approximate surface area is 326 Å². The van der Waals surface area contributed by atoms with Crippen LogP contribution in [0.1, 0.15) is 6.42 Å². The molecule has 27 heavy (non-hydrogen) atoms. The Hall–Kier alpha value is 4.27. The van der Waals surface area contributed by atoms with E-state index in [4.69, 9.17) is 0 Å². The number of hydrazine groups is 2. The van der Waals surface area contributed by atoms with Gasteiger partial charge in [-0.15, -0.1) is 0 Å². The number of rotatable bonds is 14. The SMILES string of the molecule is O=C([O-])CN(CC(=O)[O-])NCCCNN(CC(=O)[O-])CC(=O)[O-].[K+].[K+].[K+].[K+]. The molecule has 132 valence electrons. The van der Waals surface area contributed by atoms with Crippen LogP contribution >= 0.6 is 0 Å². The predicted octanol–water partition coefficient (Wildman–Crippen LogP) is -20.0. The molecule has 0 amide bonds. The zero-order valence-corrected chi connectivity index (χ0v) is 28.6. The van der Waals surface area contributed by atoms with Gasteiger partial charge >= 0.3 is 206 Å². The van der Waals surface area contributed by atoms with Gasteiger partial charge in [0.25, 0.3) is 0 Å². The molecular weight excluding hydrogens is 473 g/mol. The van der Waals surface area contributed by atoms with Crippen molar-refractivity contribution in [3.63, 3.8) is 0 Å². The van der Waals surface area contributed by atoms with Gasteiger partial charge in [-0.25, -0.2) is 10.0 Å². The number of carbonyl (C=O) groups excluding carboxylic acids is 4. The van der Waals surface area contributed by atoms with Gasteiger partial charge in [0.15, 0.2) is 0 Å². The third-order valence-corrected chi connectivity index (χ3v) is 2.30. The van der Waals surface area contributed by atoms with Crippen molar-refractivity contribution >= 4 is 23.9 Å². The molecule has 0 radical (unpaired) electrons. The molecule has 0 aromatic carbocycles. The molecule has 0 aliphatic rings. The summed E-state index contributed by atoms with van der Waals surface area (Å²) < 4.78 is 0. The Bertz CT molecular complexity index is 377. The minimum atomic E-state index is -1.48. The van der Waals surface area contributed by atoms with Crippen LogP contribution in [-0.2, 0) is 19.2 Å². The molecule has 0 spiro atoms. The van der Waals surface area contributed by atoms with Gasteiger partial charge in [0, 0.05) is 13.1 Å². The maximum atomic E-state index is 10.4. The molecule has 0 bridgehead atoms. The van der Waals surface area contributed by atoms with Crippen LogP contribution in [0.2, 0.25) is 0 Å². The maximum Gasteiger partial charge on any atom is 1.00 e. The van der Waals surface area contributed by atoms with E-state index in [-0.39, 0.29) is 219 Å². The second-order valence-electron chi connectivity index (χ2n) is 4.37. The number of nitrogens with one attached hydrogen (secondary N) is 2. The molecule has 16 heteroatoms. The van der Waals surface area contributed by atoms with Crippen LogP contribution in [0.4, 0.5) is 0 Å². The third-order valence-electron chi connectivity index (χ3n) is 2.30. The Morgan fingerprint density at radius 2 is 0.778 bits per heavy atom. The van der Waals surface area contributed by atoms with Gasteiger partial charge in [-0.3, -0.25) is 10.9 Å². The first-order valence-electron chi connectivity index (χ1n) is 6.47. The maximum absolute atomic E-state index is 10.4. The van der Waals surface area contributed by atoms with Gasteiger partial charge in [0.2, 0.25) is 0 Å². The van der Waals surface area contributed by atoms with Crippen LogP contribution in [0, 0.1) is 0 Å². The first-order valence-corrected chi connectivity index (χ1v) is 6.47. The fourth-order valence-corrected chi connectivity index (χ4v) is 1.52. The molecule has 12 nitrogen and oxygen atoms in total. The van der Waals surface area contributed by atoms with E-state index in [1.54, 1.807) is 0 Å². The molecular formula is C11H16K4N4O8. The van der Waals surface area contributed by atoms with E-state index in [2.05, 4.69) is 10.9 Å². The smallest absolute Gasteiger partial charge is 0.549 e. The first-order chi connectivity index (χ1) is 10.7. The molecule has 0 aromatic rings. The van der Waals surface area contributed by atoms with Crippen molar-refractivity contribution in [3.05, 3.63) is 0 Å². The Morgan fingerprint density at radius 1 is 0.556 bits per heavy atom. The molecule has 0 aromatic heterocycles. The molecule has 0 aliphatic heterocycles. The van der Waals surface area contributed by atoms with Crippen LogP contribution in [0.5, 0.6) is 0 Å². The number of hydrogen-bond acceptors (Lipinski definition) is 12. The summed E-state index contributed by atoms with van der Waals surface area (Å²) in [6.07, 6.45) is 0.299. The van der Waals surface area contributed by atoms with E-state index in [0.717, 1.165) is 10.0 Å². The number of carboxylic acid groups (broad SMARTS) is 4. The summed E-state index contributed by atoms with van der Waals surface area (Å²) in [6, 6.07) is 0. The Morgan fingerprint density at radius 3 is 0.963 bits per heavy atom. The molecule has 0 atom stereocenters. The Balaban J connectivity index is -0.000000403. The largest absolute Gasteiger partial charge is 1.00 e. The zero-order chi connectivity index (χ0) is 17.8. The average molecular weight is 489 g/mol. The van der Waals surface area contributed by atoms with Crippen molar-refractivity contribution < 1.29 is 245 Å². The van der Waals surface area contributed by atoms with Crippen molar-refractivity contribution in [1.82, 2.24) is 20.9 Å². The standard InChI is InChI=1S/C11H20N4O8.4K/c16-8(17)4-14(5-9(18)19)12-2-1-3-13-15(6-10(20)21)7-11(22)23;;;;/h12-13H,1-7H2,(H,16,17)(H,18,19)(H,20,21)(H,22,23);;;;/q;4*+1/p-4. The fourth-order valence-electron chi connectivity index (χ4n) is 1.52. The summed E-state index contributed by atoms with van der Waals surface area (Å²) in [6.45, 7) is -2.38. The molecule has 0 saturated heterocycles. The second-order valence-corrected chi connectivity index (χ2v) is 4.37. The molecule has 0 saturated carbocycles. The van der Waals surface area contributed by atoms with E-state index in [0.29, 0.717) is 6.42 Å². The topological polar surface area (TPSA) is 191 Å². The van der Waals surface area contributed by atoms with E-state index in [1.807, 2.05) is 0 Å². The summed E-state index contributed by atoms with van der Waals surface area (Å²) in [5.74, 6) is -5.92. The van der Waals surface area contributed by atoms with Crippen LogP contribution in [0.3, 0.4) is 0 Å². The van der Waals surface area contributed by atoms with Crippen LogP contribution < -0.4 is 237 Å². The Kier molecular flexibility index (Phi) is 40.8. The summed E-state index contributed by atoms with van der Waals surface area (Å²) >= 11 is 0. The van der Waals surface area contributed by atoms with Gasteiger partial charge in [-0.2, -0.15) is 0 Å². The molecule has 0 heterocycles. The molecule has 0 unspecified atom stereocenters. The van der Waals surface area contributed by atoms with Gasteiger partial charge in [-0.05, 0) is 6.42 Å². The summed E-state index contributed by atoms with van der Waals surface area (Å²) in [4.78, 5) is 41.7. The normalized spacial score (nSPS) is 9.26. The number of nitrogens with zero attached hydrogens (tertiary/aromatic N) is 2. The van der Waals surface area contributed by atoms with Crippen LogP contribution in [-0.4, -0.2) is 73.2 Å². The minimum Gasteiger partial charge on any atom is -0.549 e. The van der Waals surface area contributed by atoms with Crippen molar-refractivity contribution in [1.29, 1.82) is 0 Å². The van der Waals surface area contributed by atoms with Crippen molar-refractivity contribution in [2.75, 3.05) is 39.3 Å². The fraction of sp³-hybridized carbons (Fsp3) is 0.636. The number of hydrogen-bond donors (Lipinski definition) is 2. The van der Waals surface area contributed by atoms with E-state index >= 15 is 0 Å². The van der Waals surface area contributed by atoms with Crippen LogP contribution in [0.25, 0.3) is 0 Å². The van der Waals surface area contributed by atoms with E-state index in [9.17, 15) is 39.6 Å². The van der Waals surface area contributed by atoms with E-state index in [1.165, 1.54) is 0 Å². The van der Waals surface area contributed by atoms with Crippen molar-refractivity contribution in [2.24, 2.45) is 0 Å². The third kappa shape index (κ3) is 30.3. The summed E-state index contributed by atoms with van der Waals surface area (Å²) in [7, 11) is 0.